The van der Waals surface area contributed by atoms with Gasteiger partial charge in [0.15, 0.2) is 0 Å². The summed E-state index contributed by atoms with van der Waals surface area (Å²) in [5, 5.41) is 1.28. The van der Waals surface area contributed by atoms with Crippen LogP contribution in [-0.4, -0.2) is 13.1 Å². The maximum Gasteiger partial charge on any atom is 0.0799 e. The van der Waals surface area contributed by atoms with Gasteiger partial charge < -0.3 is 0 Å². The van der Waals surface area contributed by atoms with Crippen molar-refractivity contribution in [2.45, 2.75) is 39.4 Å². The van der Waals surface area contributed by atoms with E-state index >= 15 is 0 Å². The van der Waals surface area contributed by atoms with Gasteiger partial charge in [0.2, 0.25) is 0 Å². The summed E-state index contributed by atoms with van der Waals surface area (Å²) in [7, 11) is -1.56. The molecular formula is C23H27NSi. The predicted octanol–water partition coefficient (Wildman–Crippen LogP) is 6.08. The summed E-state index contributed by atoms with van der Waals surface area (Å²) in [6, 6.07) is 21.0. The molecule has 1 nitrogen and oxygen atoms in total. The van der Waals surface area contributed by atoms with Crippen LogP contribution < -0.4 is 5.19 Å². The molecule has 0 saturated carbocycles. The van der Waals surface area contributed by atoms with Crippen molar-refractivity contribution in [3.63, 3.8) is 0 Å². The van der Waals surface area contributed by atoms with Gasteiger partial charge in [-0.2, -0.15) is 0 Å². The third-order valence-corrected chi connectivity index (χ3v) is 6.53. The van der Waals surface area contributed by atoms with Crippen molar-refractivity contribution in [1.82, 2.24) is 4.98 Å². The van der Waals surface area contributed by atoms with Gasteiger partial charge in [0, 0.05) is 13.1 Å². The lowest BCUT2D eigenvalue weighted by molar-refractivity contribution is 0.870. The summed E-state index contributed by atoms with van der Waals surface area (Å²) in [6.45, 7) is 10.9. The van der Waals surface area contributed by atoms with Crippen molar-refractivity contribution >= 4 is 13.3 Å². The second-order valence-corrected chi connectivity index (χ2v) is 12.9. The summed E-state index contributed by atoms with van der Waals surface area (Å²) in [5.41, 5.74) is 5.53. The van der Waals surface area contributed by atoms with Gasteiger partial charge in [-0.05, 0) is 39.9 Å². The Hall–Kier alpha value is -2.19. The van der Waals surface area contributed by atoms with Gasteiger partial charge in [-0.1, -0.05) is 82.0 Å². The van der Waals surface area contributed by atoms with Gasteiger partial charge in [0.25, 0.3) is 0 Å². The van der Waals surface area contributed by atoms with E-state index in [-0.39, 0.29) is 0 Å². The molecule has 0 amide bonds. The fraction of sp³-hybridized carbons (Fsp3) is 0.261. The molecule has 0 saturated heterocycles. The highest BCUT2D eigenvalue weighted by molar-refractivity contribution is 6.89. The smallest absolute Gasteiger partial charge is 0.0799 e. The van der Waals surface area contributed by atoms with Crippen molar-refractivity contribution in [3.8, 4) is 22.4 Å². The van der Waals surface area contributed by atoms with E-state index in [0.29, 0.717) is 0 Å². The standard InChI is InChI=1S/C23H27NSi/c1-17(2)21-15-22(24-16-23(21)25(3,4)5)20-13-9-12-19(14-20)18-10-7-6-8-11-18/h6-17H,1-5H3/i17D. The van der Waals surface area contributed by atoms with Gasteiger partial charge in [0.05, 0.1) is 13.8 Å². The van der Waals surface area contributed by atoms with E-state index in [4.69, 9.17) is 6.35 Å². The average Bonchev–Trinajstić information content (AvgIpc) is 2.60. The van der Waals surface area contributed by atoms with Crippen LogP contribution in [0.15, 0.2) is 66.9 Å². The van der Waals surface area contributed by atoms with Gasteiger partial charge in [-0.15, -0.1) is 0 Å². The van der Waals surface area contributed by atoms with Gasteiger partial charge >= 0.3 is 0 Å². The van der Waals surface area contributed by atoms with Crippen LogP contribution in [0.4, 0.5) is 0 Å². The van der Waals surface area contributed by atoms with Crippen molar-refractivity contribution in [1.29, 1.82) is 0 Å². The lowest BCUT2D eigenvalue weighted by Crippen LogP contribution is -2.40. The largest absolute Gasteiger partial charge is 0.256 e. The van der Waals surface area contributed by atoms with E-state index in [9.17, 15) is 0 Å². The Kier molecular flexibility index (Phi) is 4.54. The summed E-state index contributed by atoms with van der Waals surface area (Å²) in [4.78, 5) is 4.78. The molecule has 0 aliphatic rings. The zero-order chi connectivity index (χ0) is 18.9. The molecule has 25 heavy (non-hydrogen) atoms. The molecule has 0 N–H and O–H groups in total. The topological polar surface area (TPSA) is 12.9 Å². The molecule has 0 radical (unpaired) electrons. The van der Waals surface area contributed by atoms with Gasteiger partial charge in [-0.3, -0.25) is 4.98 Å². The highest BCUT2D eigenvalue weighted by Gasteiger charge is 2.22. The van der Waals surface area contributed by atoms with E-state index in [2.05, 4.69) is 74.2 Å². The number of aromatic nitrogens is 1. The number of nitrogens with zero attached hydrogens (tertiary/aromatic N) is 1. The van der Waals surface area contributed by atoms with E-state index in [1.807, 2.05) is 26.1 Å². The molecule has 2 heteroatoms. The van der Waals surface area contributed by atoms with E-state index < -0.39 is 14.0 Å². The monoisotopic (exact) mass is 346 g/mol. The summed E-state index contributed by atoms with van der Waals surface area (Å²) >= 11 is 0. The molecule has 0 fully saturated rings. The molecule has 2 aromatic carbocycles. The fourth-order valence-corrected chi connectivity index (χ4v) is 4.70. The Morgan fingerprint density at radius 2 is 1.48 bits per heavy atom. The minimum Gasteiger partial charge on any atom is -0.256 e. The van der Waals surface area contributed by atoms with Crippen molar-refractivity contribution < 1.29 is 1.37 Å². The molecule has 0 unspecified atom stereocenters. The third-order valence-electron chi connectivity index (χ3n) is 4.52. The Bertz CT molecular complexity index is 905. The molecule has 1 heterocycles. The average molecular weight is 347 g/mol. The first kappa shape index (κ1) is 16.3. The second-order valence-electron chi connectivity index (χ2n) is 7.81. The lowest BCUT2D eigenvalue weighted by Gasteiger charge is -2.23. The predicted molar refractivity (Wildman–Crippen MR) is 112 cm³/mol. The first-order valence-corrected chi connectivity index (χ1v) is 12.3. The van der Waals surface area contributed by atoms with Crippen LogP contribution in [0.3, 0.4) is 0 Å². The number of hydrogen-bond donors (Lipinski definition) is 0. The van der Waals surface area contributed by atoms with Crippen molar-refractivity contribution in [2.24, 2.45) is 0 Å². The van der Waals surface area contributed by atoms with Gasteiger partial charge in [0.1, 0.15) is 0 Å². The molecule has 0 spiro atoms. The highest BCUT2D eigenvalue weighted by Crippen LogP contribution is 2.27. The molecule has 128 valence electrons. The first-order chi connectivity index (χ1) is 12.2. The Balaban J connectivity index is 2.11. The van der Waals surface area contributed by atoms with Crippen LogP contribution in [0.25, 0.3) is 22.4 Å². The summed E-state index contributed by atoms with van der Waals surface area (Å²) in [5.74, 6) is -0.635. The summed E-state index contributed by atoms with van der Waals surface area (Å²) < 4.78 is 8.62. The molecule has 0 aliphatic heterocycles. The zero-order valence-electron chi connectivity index (χ0n) is 16.8. The summed E-state index contributed by atoms with van der Waals surface area (Å²) in [6.07, 6.45) is 2.02. The number of rotatable bonds is 4. The highest BCUT2D eigenvalue weighted by atomic mass is 28.3. The minimum absolute atomic E-state index is 0.635. The fourth-order valence-electron chi connectivity index (χ4n) is 3.11. The Morgan fingerprint density at radius 3 is 2.12 bits per heavy atom. The minimum atomic E-state index is -1.56. The SMILES string of the molecule is [2H]C(C)(C)c1cc(-c2cccc(-c3ccccc3)c2)ncc1[Si](C)(C)C. The lowest BCUT2D eigenvalue weighted by atomic mass is 9.98. The molecule has 3 aromatic rings. The third kappa shape index (κ3) is 3.90. The Morgan fingerprint density at radius 1 is 0.840 bits per heavy atom. The number of pyridine rings is 1. The molecule has 0 bridgehead atoms. The number of hydrogen-bond acceptors (Lipinski definition) is 1. The van der Waals surface area contributed by atoms with Crippen LogP contribution in [-0.2, 0) is 0 Å². The van der Waals surface area contributed by atoms with E-state index in [1.165, 1.54) is 16.3 Å². The van der Waals surface area contributed by atoms with Crippen LogP contribution in [0.1, 0.15) is 26.7 Å². The van der Waals surface area contributed by atoms with Crippen LogP contribution in [0, 0.1) is 0 Å². The van der Waals surface area contributed by atoms with E-state index in [0.717, 1.165) is 16.8 Å². The maximum absolute atomic E-state index is 8.62. The quantitative estimate of drug-likeness (QED) is 0.521. The molecule has 0 atom stereocenters. The van der Waals surface area contributed by atoms with E-state index in [1.54, 1.807) is 0 Å². The zero-order valence-corrected chi connectivity index (χ0v) is 16.8. The first-order valence-electron chi connectivity index (χ1n) is 9.33. The van der Waals surface area contributed by atoms with Crippen LogP contribution in [0.5, 0.6) is 0 Å². The van der Waals surface area contributed by atoms with Gasteiger partial charge in [-0.25, -0.2) is 0 Å². The molecule has 3 rings (SSSR count). The maximum atomic E-state index is 8.62. The molecule has 0 aliphatic carbocycles. The molecular weight excluding hydrogens is 318 g/mol. The van der Waals surface area contributed by atoms with Crippen LogP contribution >= 0.6 is 0 Å². The molecule has 1 aromatic heterocycles. The van der Waals surface area contributed by atoms with Crippen molar-refractivity contribution in [3.05, 3.63) is 72.4 Å². The van der Waals surface area contributed by atoms with Crippen molar-refractivity contribution in [2.75, 3.05) is 0 Å². The Labute approximate surface area is 154 Å². The second kappa shape index (κ2) is 6.97. The number of benzene rings is 2. The van der Waals surface area contributed by atoms with Crippen LogP contribution in [0.2, 0.25) is 19.6 Å². The normalized spacial score (nSPS) is 12.8.